The number of hydrogen-bond acceptors (Lipinski definition) is 4. The zero-order chi connectivity index (χ0) is 18.4. The molecule has 1 saturated heterocycles. The van der Waals surface area contributed by atoms with E-state index in [1.807, 2.05) is 42.5 Å². The highest BCUT2D eigenvalue weighted by molar-refractivity contribution is 8.26. The topological polar surface area (TPSA) is 38.3 Å². The number of nitrogens with one attached hydrogen (secondary N) is 1. The zero-order valence-electron chi connectivity index (χ0n) is 14.7. The van der Waals surface area contributed by atoms with Crippen LogP contribution in [0.15, 0.2) is 53.4 Å². The van der Waals surface area contributed by atoms with Crippen LogP contribution in [0.3, 0.4) is 0 Å². The third-order valence-electron chi connectivity index (χ3n) is 4.05. The lowest BCUT2D eigenvalue weighted by molar-refractivity contribution is -0.115. The summed E-state index contributed by atoms with van der Waals surface area (Å²) in [5, 5.41) is 2.61. The zero-order valence-corrected chi connectivity index (χ0v) is 16.3. The average Bonchev–Trinajstić information content (AvgIpc) is 2.95. The van der Waals surface area contributed by atoms with E-state index in [0.717, 1.165) is 23.5 Å². The van der Waals surface area contributed by atoms with Crippen molar-refractivity contribution in [3.63, 3.8) is 0 Å². The van der Waals surface area contributed by atoms with Crippen LogP contribution in [0.1, 0.15) is 37.3 Å². The van der Waals surface area contributed by atoms with Gasteiger partial charge in [-0.1, -0.05) is 68.0 Å². The van der Waals surface area contributed by atoms with Crippen molar-refractivity contribution >= 4 is 40.3 Å². The maximum Gasteiger partial charge on any atom is 0.263 e. The van der Waals surface area contributed by atoms with Crippen LogP contribution in [0, 0.1) is 0 Å². The number of aryl methyl sites for hydroxylation is 1. The van der Waals surface area contributed by atoms with Crippen LogP contribution in [-0.2, 0) is 11.2 Å². The van der Waals surface area contributed by atoms with Crippen molar-refractivity contribution < 1.29 is 9.53 Å². The SMILES string of the molecule is CCCCCc1ccc(Oc2ccc(/C=C3/SC(=S)NC3=O)cc2)cc1. The van der Waals surface area contributed by atoms with E-state index in [-0.39, 0.29) is 5.91 Å². The molecule has 26 heavy (non-hydrogen) atoms. The number of benzene rings is 2. The second-order valence-corrected chi connectivity index (χ2v) is 7.84. The first-order valence-electron chi connectivity index (χ1n) is 8.76. The highest BCUT2D eigenvalue weighted by Gasteiger charge is 2.21. The quantitative estimate of drug-likeness (QED) is 0.378. The first-order valence-corrected chi connectivity index (χ1v) is 9.98. The van der Waals surface area contributed by atoms with Crippen LogP contribution in [0.2, 0.25) is 0 Å². The molecule has 0 unspecified atom stereocenters. The maximum atomic E-state index is 11.7. The van der Waals surface area contributed by atoms with Gasteiger partial charge in [0.1, 0.15) is 15.8 Å². The van der Waals surface area contributed by atoms with Gasteiger partial charge in [-0.15, -0.1) is 0 Å². The molecule has 1 fully saturated rings. The van der Waals surface area contributed by atoms with Crippen molar-refractivity contribution in [3.8, 4) is 11.5 Å². The molecule has 3 rings (SSSR count). The summed E-state index contributed by atoms with van der Waals surface area (Å²) in [6.07, 6.45) is 6.69. The second kappa shape index (κ2) is 9.01. The number of unbranched alkanes of at least 4 members (excludes halogenated alkanes) is 2. The van der Waals surface area contributed by atoms with Crippen LogP contribution in [0.25, 0.3) is 6.08 Å². The summed E-state index contributed by atoms with van der Waals surface area (Å²) in [6.45, 7) is 2.22. The van der Waals surface area contributed by atoms with Gasteiger partial charge in [-0.2, -0.15) is 0 Å². The van der Waals surface area contributed by atoms with Gasteiger partial charge in [0, 0.05) is 0 Å². The number of thiocarbonyl (C=S) groups is 1. The first-order chi connectivity index (χ1) is 12.6. The smallest absolute Gasteiger partial charge is 0.263 e. The van der Waals surface area contributed by atoms with Gasteiger partial charge in [0.2, 0.25) is 0 Å². The largest absolute Gasteiger partial charge is 0.457 e. The third kappa shape index (κ3) is 5.19. The summed E-state index contributed by atoms with van der Waals surface area (Å²) in [5.41, 5.74) is 2.28. The molecule has 0 atom stereocenters. The van der Waals surface area contributed by atoms with Crippen molar-refractivity contribution in [2.75, 3.05) is 0 Å². The van der Waals surface area contributed by atoms with Crippen molar-refractivity contribution in [1.29, 1.82) is 0 Å². The van der Waals surface area contributed by atoms with Gasteiger partial charge in [-0.3, -0.25) is 4.79 Å². The number of carbonyl (C=O) groups excluding carboxylic acids is 1. The van der Waals surface area contributed by atoms with Gasteiger partial charge < -0.3 is 10.1 Å². The molecular weight excluding hydrogens is 362 g/mol. The standard InChI is InChI=1S/C21H21NO2S2/c1-2-3-4-5-15-6-10-17(11-7-15)24-18-12-8-16(9-13-18)14-19-20(23)22-21(25)26-19/h6-14H,2-5H2,1H3,(H,22,23,25)/b19-14+. The molecule has 1 heterocycles. The predicted octanol–water partition coefficient (Wildman–Crippen LogP) is 5.70. The number of hydrogen-bond donors (Lipinski definition) is 1. The summed E-state index contributed by atoms with van der Waals surface area (Å²) >= 11 is 6.28. The summed E-state index contributed by atoms with van der Waals surface area (Å²) < 4.78 is 6.40. The Morgan fingerprint density at radius 1 is 1.04 bits per heavy atom. The molecular formula is C21H21NO2S2. The minimum absolute atomic E-state index is 0.139. The van der Waals surface area contributed by atoms with E-state index in [4.69, 9.17) is 17.0 Å². The molecule has 0 aromatic heterocycles. The first kappa shape index (κ1) is 18.7. The van der Waals surface area contributed by atoms with Crippen LogP contribution in [-0.4, -0.2) is 10.2 Å². The normalized spacial score (nSPS) is 15.3. The summed E-state index contributed by atoms with van der Waals surface area (Å²) in [4.78, 5) is 12.3. The second-order valence-electron chi connectivity index (χ2n) is 6.12. The Labute approximate surface area is 163 Å². The fraction of sp³-hybridized carbons (Fsp3) is 0.238. The Bertz CT molecular complexity index is 811. The van der Waals surface area contributed by atoms with Crippen LogP contribution < -0.4 is 10.1 Å². The molecule has 1 aliphatic rings. The highest BCUT2D eigenvalue weighted by atomic mass is 32.2. The van der Waals surface area contributed by atoms with Crippen LogP contribution >= 0.6 is 24.0 Å². The van der Waals surface area contributed by atoms with Crippen molar-refractivity contribution in [2.45, 2.75) is 32.6 Å². The lowest BCUT2D eigenvalue weighted by Gasteiger charge is -2.07. The van der Waals surface area contributed by atoms with Gasteiger partial charge in [-0.05, 0) is 54.3 Å². The minimum Gasteiger partial charge on any atom is -0.457 e. The van der Waals surface area contributed by atoms with E-state index in [1.54, 1.807) is 0 Å². The summed E-state index contributed by atoms with van der Waals surface area (Å²) in [6, 6.07) is 15.9. The average molecular weight is 384 g/mol. The Kier molecular flexibility index (Phi) is 6.47. The Balaban J connectivity index is 1.60. The number of ether oxygens (including phenoxy) is 1. The summed E-state index contributed by atoms with van der Waals surface area (Å²) in [7, 11) is 0. The van der Waals surface area contributed by atoms with E-state index in [2.05, 4.69) is 24.4 Å². The van der Waals surface area contributed by atoms with Gasteiger partial charge >= 0.3 is 0 Å². The van der Waals surface area contributed by atoms with Gasteiger partial charge in [-0.25, -0.2) is 0 Å². The van der Waals surface area contributed by atoms with E-state index < -0.39 is 0 Å². The van der Waals surface area contributed by atoms with Gasteiger partial charge in [0.25, 0.3) is 5.91 Å². The molecule has 3 nitrogen and oxygen atoms in total. The molecule has 0 bridgehead atoms. The lowest BCUT2D eigenvalue weighted by atomic mass is 10.1. The van der Waals surface area contributed by atoms with Crippen LogP contribution in [0.5, 0.6) is 11.5 Å². The van der Waals surface area contributed by atoms with Crippen molar-refractivity contribution in [1.82, 2.24) is 5.32 Å². The van der Waals surface area contributed by atoms with E-state index in [0.29, 0.717) is 9.23 Å². The predicted molar refractivity (Wildman–Crippen MR) is 112 cm³/mol. The van der Waals surface area contributed by atoms with Crippen LogP contribution in [0.4, 0.5) is 0 Å². The molecule has 2 aromatic carbocycles. The minimum atomic E-state index is -0.139. The molecule has 0 saturated carbocycles. The summed E-state index contributed by atoms with van der Waals surface area (Å²) in [5.74, 6) is 1.45. The van der Waals surface area contributed by atoms with Crippen molar-refractivity contribution in [2.24, 2.45) is 0 Å². The number of amides is 1. The molecule has 0 spiro atoms. The monoisotopic (exact) mass is 383 g/mol. The Morgan fingerprint density at radius 2 is 1.69 bits per heavy atom. The van der Waals surface area contributed by atoms with E-state index in [9.17, 15) is 4.79 Å². The molecule has 134 valence electrons. The molecule has 2 aromatic rings. The van der Waals surface area contributed by atoms with Gasteiger partial charge in [0.05, 0.1) is 4.91 Å². The molecule has 0 radical (unpaired) electrons. The number of thioether (sulfide) groups is 1. The molecule has 1 aliphatic heterocycles. The fourth-order valence-corrected chi connectivity index (χ4v) is 3.69. The number of carbonyl (C=O) groups is 1. The Morgan fingerprint density at radius 3 is 2.27 bits per heavy atom. The molecule has 1 N–H and O–H groups in total. The Hall–Kier alpha value is -2.11. The molecule has 1 amide bonds. The third-order valence-corrected chi connectivity index (χ3v) is 5.21. The molecule has 0 aliphatic carbocycles. The maximum absolute atomic E-state index is 11.7. The van der Waals surface area contributed by atoms with Gasteiger partial charge in [0.15, 0.2) is 0 Å². The fourth-order valence-electron chi connectivity index (χ4n) is 2.64. The lowest BCUT2D eigenvalue weighted by Crippen LogP contribution is -2.17. The molecule has 5 heteroatoms. The van der Waals surface area contributed by atoms with Crippen molar-refractivity contribution in [3.05, 3.63) is 64.6 Å². The van der Waals surface area contributed by atoms with E-state index in [1.165, 1.54) is 36.6 Å². The van der Waals surface area contributed by atoms with E-state index >= 15 is 0 Å². The number of rotatable bonds is 7. The highest BCUT2D eigenvalue weighted by Crippen LogP contribution is 2.27.